The fourth-order valence-corrected chi connectivity index (χ4v) is 5.00. The van der Waals surface area contributed by atoms with E-state index in [-0.39, 0.29) is 5.60 Å². The lowest BCUT2D eigenvalue weighted by atomic mass is 9.72. The molecule has 120 valence electrons. The van der Waals surface area contributed by atoms with E-state index in [4.69, 9.17) is 4.74 Å². The molecule has 4 unspecified atom stereocenters. The van der Waals surface area contributed by atoms with Crippen molar-refractivity contribution in [1.29, 1.82) is 0 Å². The summed E-state index contributed by atoms with van der Waals surface area (Å²) in [4.78, 5) is 7.12. The summed E-state index contributed by atoms with van der Waals surface area (Å²) in [7, 11) is 2.15. The predicted molar refractivity (Wildman–Crippen MR) is 91.7 cm³/mol. The molecule has 23 heavy (non-hydrogen) atoms. The zero-order valence-electron chi connectivity index (χ0n) is 13.6. The highest BCUT2D eigenvalue weighted by atomic mass is 16.5. The van der Waals surface area contributed by atoms with Gasteiger partial charge in [-0.05, 0) is 31.0 Å². The number of aromatic nitrogens is 1. The van der Waals surface area contributed by atoms with E-state index in [1.165, 1.54) is 35.9 Å². The molecule has 0 amide bonds. The van der Waals surface area contributed by atoms with Gasteiger partial charge >= 0.3 is 0 Å². The number of aliphatic imine (C=N–C) groups is 1. The molecule has 2 saturated heterocycles. The first-order chi connectivity index (χ1) is 11.3. The molecular weight excluding hydrogens is 286 g/mol. The van der Waals surface area contributed by atoms with E-state index in [1.807, 2.05) is 0 Å². The minimum absolute atomic E-state index is 0.0570. The van der Waals surface area contributed by atoms with Gasteiger partial charge in [-0.3, -0.25) is 9.89 Å². The third-order valence-electron chi connectivity index (χ3n) is 6.18. The molecule has 0 saturated carbocycles. The Morgan fingerprint density at radius 1 is 1.30 bits per heavy atom. The molecule has 4 nitrogen and oxygen atoms in total. The van der Waals surface area contributed by atoms with E-state index < -0.39 is 0 Å². The van der Waals surface area contributed by atoms with Crippen LogP contribution in [0.1, 0.15) is 30.9 Å². The summed E-state index contributed by atoms with van der Waals surface area (Å²) in [6.45, 7) is 3.20. The average molecular weight is 309 g/mol. The molecule has 2 bridgehead atoms. The van der Waals surface area contributed by atoms with Crippen LogP contribution in [0.25, 0.3) is 10.9 Å². The smallest absolute Gasteiger partial charge is 0.170 e. The number of rotatable bonds is 1. The van der Waals surface area contributed by atoms with Crippen LogP contribution >= 0.6 is 0 Å². The van der Waals surface area contributed by atoms with Crippen LogP contribution in [0.5, 0.6) is 0 Å². The highest BCUT2D eigenvalue weighted by molar-refractivity contribution is 5.84. The van der Waals surface area contributed by atoms with Crippen molar-refractivity contribution in [2.75, 3.05) is 19.6 Å². The Morgan fingerprint density at radius 3 is 3.09 bits per heavy atom. The van der Waals surface area contributed by atoms with Crippen LogP contribution < -0.4 is 0 Å². The van der Waals surface area contributed by atoms with Crippen LogP contribution in [0.15, 0.2) is 35.5 Å². The maximum absolute atomic E-state index is 6.11. The van der Waals surface area contributed by atoms with Gasteiger partial charge in [0.2, 0.25) is 0 Å². The lowest BCUT2D eigenvalue weighted by Gasteiger charge is -2.51. The van der Waals surface area contributed by atoms with Crippen molar-refractivity contribution in [2.45, 2.75) is 30.9 Å². The van der Waals surface area contributed by atoms with Gasteiger partial charge in [-0.1, -0.05) is 18.2 Å². The van der Waals surface area contributed by atoms with Crippen LogP contribution in [-0.4, -0.2) is 41.1 Å². The Bertz CT molecular complexity index is 770. The Kier molecular flexibility index (Phi) is 2.87. The van der Waals surface area contributed by atoms with Crippen LogP contribution in [-0.2, 0) is 11.8 Å². The minimum Gasteiger partial charge on any atom is -0.475 e. The second-order valence-electron chi connectivity index (χ2n) is 7.40. The van der Waals surface area contributed by atoms with Crippen molar-refractivity contribution in [3.05, 3.63) is 36.0 Å². The van der Waals surface area contributed by atoms with Crippen LogP contribution in [0.2, 0.25) is 0 Å². The molecule has 3 aliphatic rings. The van der Waals surface area contributed by atoms with E-state index >= 15 is 0 Å². The Labute approximate surface area is 136 Å². The van der Waals surface area contributed by atoms with E-state index in [2.05, 4.69) is 52.0 Å². The van der Waals surface area contributed by atoms with Crippen LogP contribution in [0.4, 0.5) is 0 Å². The molecule has 1 spiro atoms. The lowest BCUT2D eigenvalue weighted by Crippen LogP contribution is -2.57. The molecule has 5 rings (SSSR count). The molecule has 4 atom stereocenters. The SMILES string of the molecule is Cn1cc(C2CC3(CN=CO3)C3CCCN2C3)c2ccccc21. The predicted octanol–water partition coefficient (Wildman–Crippen LogP) is 3.13. The first kappa shape index (κ1) is 13.6. The maximum atomic E-state index is 6.11. The number of piperidine rings is 2. The molecule has 3 aliphatic heterocycles. The number of aryl methyl sites for hydroxylation is 1. The standard InChI is InChI=1S/C19H23N3O/c1-21-11-16(15-6-2-3-7-17(15)21)18-9-19(12-20-13-23-19)14-5-4-8-22(18)10-14/h2-3,6-7,11,13-14,18H,4-5,8-10,12H2,1H3. The summed E-state index contributed by atoms with van der Waals surface area (Å²) >= 11 is 0. The molecule has 0 N–H and O–H groups in total. The van der Waals surface area contributed by atoms with Gasteiger partial charge in [-0.2, -0.15) is 0 Å². The fraction of sp³-hybridized carbons (Fsp3) is 0.526. The van der Waals surface area contributed by atoms with E-state index in [0.717, 1.165) is 19.5 Å². The zero-order chi connectivity index (χ0) is 15.4. The van der Waals surface area contributed by atoms with Crippen LogP contribution in [0.3, 0.4) is 0 Å². The quantitative estimate of drug-likeness (QED) is 0.810. The van der Waals surface area contributed by atoms with Gasteiger partial charge in [-0.25, -0.2) is 0 Å². The summed E-state index contributed by atoms with van der Waals surface area (Å²) in [6.07, 6.45) is 7.64. The summed E-state index contributed by atoms with van der Waals surface area (Å²) in [6, 6.07) is 9.20. The van der Waals surface area contributed by atoms with Gasteiger partial charge in [0.1, 0.15) is 5.60 Å². The first-order valence-corrected chi connectivity index (χ1v) is 8.71. The summed E-state index contributed by atoms with van der Waals surface area (Å²) in [5.41, 5.74) is 2.72. The van der Waals surface area contributed by atoms with Crippen molar-refractivity contribution in [1.82, 2.24) is 9.47 Å². The van der Waals surface area contributed by atoms with E-state index in [0.29, 0.717) is 12.0 Å². The summed E-state index contributed by atoms with van der Waals surface area (Å²) in [5.74, 6) is 0.630. The minimum atomic E-state index is -0.0570. The van der Waals surface area contributed by atoms with Crippen molar-refractivity contribution in [2.24, 2.45) is 18.0 Å². The zero-order valence-corrected chi connectivity index (χ0v) is 13.6. The van der Waals surface area contributed by atoms with Crippen LogP contribution in [0, 0.1) is 5.92 Å². The lowest BCUT2D eigenvalue weighted by molar-refractivity contribution is -0.0850. The Hall–Kier alpha value is -1.81. The molecule has 4 heteroatoms. The van der Waals surface area contributed by atoms with Gasteiger partial charge in [0.15, 0.2) is 6.40 Å². The summed E-state index contributed by atoms with van der Waals surface area (Å²) in [5, 5.41) is 1.39. The highest BCUT2D eigenvalue weighted by Gasteiger charge is 2.51. The van der Waals surface area contributed by atoms with Gasteiger partial charge in [0.05, 0.1) is 6.54 Å². The van der Waals surface area contributed by atoms with Gasteiger partial charge < -0.3 is 9.30 Å². The van der Waals surface area contributed by atoms with Gasteiger partial charge in [0.25, 0.3) is 0 Å². The fourth-order valence-electron chi connectivity index (χ4n) is 5.00. The number of hydrogen-bond donors (Lipinski definition) is 0. The number of para-hydroxylation sites is 1. The maximum Gasteiger partial charge on any atom is 0.170 e. The van der Waals surface area contributed by atoms with Crippen molar-refractivity contribution >= 4 is 17.3 Å². The normalized spacial score (nSPS) is 35.8. The number of ether oxygens (including phenoxy) is 1. The Morgan fingerprint density at radius 2 is 2.22 bits per heavy atom. The molecule has 1 aromatic heterocycles. The molecule has 0 radical (unpaired) electrons. The molecule has 2 fully saturated rings. The van der Waals surface area contributed by atoms with E-state index in [9.17, 15) is 0 Å². The molecule has 2 aromatic rings. The second kappa shape index (κ2) is 4.84. The number of hydrogen-bond acceptors (Lipinski definition) is 3. The number of benzene rings is 1. The first-order valence-electron chi connectivity index (χ1n) is 8.71. The molecule has 0 aliphatic carbocycles. The van der Waals surface area contributed by atoms with Crippen molar-refractivity contribution in [3.8, 4) is 0 Å². The molecule has 4 heterocycles. The van der Waals surface area contributed by atoms with Gasteiger partial charge in [0, 0.05) is 49.1 Å². The number of nitrogens with zero attached hydrogens (tertiary/aromatic N) is 3. The third-order valence-corrected chi connectivity index (χ3v) is 6.18. The largest absolute Gasteiger partial charge is 0.475 e. The van der Waals surface area contributed by atoms with Crippen molar-refractivity contribution < 1.29 is 4.74 Å². The van der Waals surface area contributed by atoms with E-state index in [1.54, 1.807) is 6.40 Å². The topological polar surface area (TPSA) is 29.8 Å². The number of fused-ring (bicyclic) bond motifs is 4. The Balaban J connectivity index is 1.60. The second-order valence-corrected chi connectivity index (χ2v) is 7.40. The summed E-state index contributed by atoms with van der Waals surface area (Å²) < 4.78 is 8.38. The van der Waals surface area contributed by atoms with Gasteiger partial charge in [-0.15, -0.1) is 0 Å². The third kappa shape index (κ3) is 1.91. The average Bonchev–Trinajstić information content (AvgIpc) is 3.18. The molecule has 1 aromatic carbocycles. The monoisotopic (exact) mass is 309 g/mol. The highest BCUT2D eigenvalue weighted by Crippen LogP contribution is 2.48. The molecular formula is C19H23N3O. The van der Waals surface area contributed by atoms with Crippen molar-refractivity contribution in [3.63, 3.8) is 0 Å².